The van der Waals surface area contributed by atoms with Crippen molar-refractivity contribution in [2.75, 3.05) is 0 Å². The van der Waals surface area contributed by atoms with Crippen LogP contribution in [0.25, 0.3) is 12.2 Å². The molecule has 2 aromatic carbocycles. The number of ketones is 1. The second-order valence-electron chi connectivity index (χ2n) is 6.77. The van der Waals surface area contributed by atoms with E-state index in [1.807, 2.05) is 0 Å². The minimum Gasteiger partial charge on any atom is -0.289 e. The second kappa shape index (κ2) is 7.89. The zero-order valence-corrected chi connectivity index (χ0v) is 15.1. The van der Waals surface area contributed by atoms with Crippen LogP contribution < -0.4 is 0 Å². The van der Waals surface area contributed by atoms with Gasteiger partial charge in [0.15, 0.2) is 5.78 Å². The Hall–Kier alpha value is -2.83. The van der Waals surface area contributed by atoms with Crippen molar-refractivity contribution in [2.24, 2.45) is 0 Å². The van der Waals surface area contributed by atoms with Crippen molar-refractivity contribution in [3.05, 3.63) is 81.9 Å². The fourth-order valence-corrected chi connectivity index (χ4v) is 3.19. The first-order valence-corrected chi connectivity index (χ1v) is 8.84. The molecule has 0 heterocycles. The van der Waals surface area contributed by atoms with E-state index in [0.717, 1.165) is 24.3 Å². The number of halogens is 6. The van der Waals surface area contributed by atoms with Gasteiger partial charge >= 0.3 is 12.4 Å². The lowest BCUT2D eigenvalue weighted by molar-refractivity contribution is -0.138. The highest BCUT2D eigenvalue weighted by Gasteiger charge is 2.31. The number of carbonyl (C=O) groups is 1. The number of Topliss-reactive ketones (excluding diaryl/α,β-unsaturated/α-hetero) is 1. The Balaban J connectivity index is 1.90. The van der Waals surface area contributed by atoms with Gasteiger partial charge in [-0.25, -0.2) is 0 Å². The summed E-state index contributed by atoms with van der Waals surface area (Å²) in [6, 6.07) is 9.30. The molecule has 1 fully saturated rings. The van der Waals surface area contributed by atoms with E-state index in [0.29, 0.717) is 30.4 Å². The summed E-state index contributed by atoms with van der Waals surface area (Å²) in [5, 5.41) is 0. The summed E-state index contributed by atoms with van der Waals surface area (Å²) >= 11 is 0. The summed E-state index contributed by atoms with van der Waals surface area (Å²) in [7, 11) is 0. The van der Waals surface area contributed by atoms with Gasteiger partial charge in [-0.15, -0.1) is 0 Å². The molecule has 0 atom stereocenters. The quantitative estimate of drug-likeness (QED) is 0.387. The zero-order chi connectivity index (χ0) is 21.2. The van der Waals surface area contributed by atoms with Crippen molar-refractivity contribution >= 4 is 17.9 Å². The van der Waals surface area contributed by atoms with E-state index in [9.17, 15) is 31.1 Å². The lowest BCUT2D eigenvalue weighted by atomic mass is 9.86. The molecule has 3 rings (SSSR count). The highest BCUT2D eigenvalue weighted by Crippen LogP contribution is 2.33. The maximum absolute atomic E-state index is 12.9. The molecule has 1 aliphatic carbocycles. The minimum atomic E-state index is -4.49. The number of allylic oxidation sites excluding steroid dienone is 2. The normalized spacial score (nSPS) is 18.5. The van der Waals surface area contributed by atoms with Gasteiger partial charge in [-0.1, -0.05) is 24.3 Å². The molecular weight excluding hydrogens is 394 g/mol. The van der Waals surface area contributed by atoms with Crippen molar-refractivity contribution in [1.82, 2.24) is 0 Å². The van der Waals surface area contributed by atoms with Gasteiger partial charge in [0.2, 0.25) is 0 Å². The third-order valence-corrected chi connectivity index (χ3v) is 4.59. The predicted molar refractivity (Wildman–Crippen MR) is 97.7 cm³/mol. The van der Waals surface area contributed by atoms with Crippen LogP contribution >= 0.6 is 0 Å². The molecule has 0 amide bonds. The van der Waals surface area contributed by atoms with E-state index in [1.54, 1.807) is 0 Å². The molecule has 1 aliphatic rings. The summed E-state index contributed by atoms with van der Waals surface area (Å²) in [6.45, 7) is 0. The molecule has 0 aliphatic heterocycles. The number of alkyl halides is 6. The van der Waals surface area contributed by atoms with Crippen molar-refractivity contribution in [3.8, 4) is 0 Å². The lowest BCUT2D eigenvalue weighted by Crippen LogP contribution is -2.12. The first kappa shape index (κ1) is 20.9. The van der Waals surface area contributed by atoms with Crippen LogP contribution in [0, 0.1) is 0 Å². The number of carbonyl (C=O) groups excluding carboxylic acids is 1. The summed E-state index contributed by atoms with van der Waals surface area (Å²) < 4.78 is 77.2. The van der Waals surface area contributed by atoms with Crippen LogP contribution in [0.1, 0.15) is 41.5 Å². The molecule has 0 N–H and O–H groups in total. The summed E-state index contributed by atoms with van der Waals surface area (Å²) in [4.78, 5) is 12.7. The average molecular weight is 410 g/mol. The molecule has 29 heavy (non-hydrogen) atoms. The van der Waals surface area contributed by atoms with E-state index >= 15 is 0 Å². The molecule has 0 spiro atoms. The molecule has 2 aromatic rings. The third kappa shape index (κ3) is 5.16. The summed E-state index contributed by atoms with van der Waals surface area (Å²) in [5.41, 5.74) is -0.431. The number of hydrogen-bond acceptors (Lipinski definition) is 1. The zero-order valence-electron chi connectivity index (χ0n) is 15.1. The summed E-state index contributed by atoms with van der Waals surface area (Å²) in [5.74, 6) is -0.355. The molecule has 1 saturated carbocycles. The maximum atomic E-state index is 12.9. The maximum Gasteiger partial charge on any atom is 0.416 e. The van der Waals surface area contributed by atoms with Gasteiger partial charge in [-0.05, 0) is 66.8 Å². The van der Waals surface area contributed by atoms with Crippen LogP contribution in [0.5, 0.6) is 0 Å². The molecule has 152 valence electrons. The van der Waals surface area contributed by atoms with Crippen molar-refractivity contribution in [1.29, 1.82) is 0 Å². The summed E-state index contributed by atoms with van der Waals surface area (Å²) in [6.07, 6.45) is -4.77. The smallest absolute Gasteiger partial charge is 0.289 e. The Kier molecular flexibility index (Phi) is 5.68. The van der Waals surface area contributed by atoms with Crippen LogP contribution in [0.3, 0.4) is 0 Å². The van der Waals surface area contributed by atoms with Crippen LogP contribution in [0.15, 0.2) is 59.7 Å². The van der Waals surface area contributed by atoms with Crippen LogP contribution in [-0.2, 0) is 17.1 Å². The Morgan fingerprint density at radius 3 is 1.48 bits per heavy atom. The number of benzene rings is 2. The fourth-order valence-electron chi connectivity index (χ4n) is 3.19. The van der Waals surface area contributed by atoms with E-state index in [-0.39, 0.29) is 16.9 Å². The largest absolute Gasteiger partial charge is 0.416 e. The molecule has 1 nitrogen and oxygen atoms in total. The monoisotopic (exact) mass is 410 g/mol. The van der Waals surface area contributed by atoms with E-state index in [2.05, 4.69) is 0 Å². The van der Waals surface area contributed by atoms with Crippen molar-refractivity contribution in [3.63, 3.8) is 0 Å². The average Bonchev–Trinajstić information content (AvgIpc) is 2.64. The van der Waals surface area contributed by atoms with Gasteiger partial charge in [0.1, 0.15) is 0 Å². The SMILES string of the molecule is O=C1/C(=C/c2cccc(C(F)(F)F)c2)CCC/C1=C\c1cccc(C(F)(F)F)c1. The lowest BCUT2D eigenvalue weighted by Gasteiger charge is -2.17. The Bertz CT molecular complexity index is 902. The van der Waals surface area contributed by atoms with Gasteiger partial charge in [0.25, 0.3) is 0 Å². The molecule has 0 unspecified atom stereocenters. The van der Waals surface area contributed by atoms with Gasteiger partial charge in [-0.3, -0.25) is 4.79 Å². The first-order valence-electron chi connectivity index (χ1n) is 8.84. The highest BCUT2D eigenvalue weighted by atomic mass is 19.4. The first-order chi connectivity index (χ1) is 13.5. The highest BCUT2D eigenvalue weighted by molar-refractivity contribution is 6.13. The van der Waals surface area contributed by atoms with Crippen LogP contribution in [-0.4, -0.2) is 5.78 Å². The van der Waals surface area contributed by atoms with E-state index in [4.69, 9.17) is 0 Å². The minimum absolute atomic E-state index is 0.253. The molecule has 0 radical (unpaired) electrons. The Morgan fingerprint density at radius 1 is 0.690 bits per heavy atom. The molecule has 0 aromatic heterocycles. The predicted octanol–water partition coefficient (Wildman–Crippen LogP) is 6.94. The molecule has 0 bridgehead atoms. The van der Waals surface area contributed by atoms with Gasteiger partial charge in [0.05, 0.1) is 11.1 Å². The topological polar surface area (TPSA) is 17.1 Å². The molecule has 0 saturated heterocycles. The van der Waals surface area contributed by atoms with Crippen LogP contribution in [0.4, 0.5) is 26.3 Å². The van der Waals surface area contributed by atoms with E-state index in [1.165, 1.54) is 36.4 Å². The standard InChI is InChI=1S/C22H16F6O/c23-21(24,25)18-8-1-4-14(12-18)10-16-6-3-7-17(20(16)29)11-15-5-2-9-19(13-15)22(26,27)28/h1-2,4-5,8-13H,3,6-7H2/b16-10+,17-11+. The van der Waals surface area contributed by atoms with Crippen LogP contribution in [0.2, 0.25) is 0 Å². The Labute approximate surface area is 163 Å². The fraction of sp³-hybridized carbons (Fsp3) is 0.227. The van der Waals surface area contributed by atoms with Gasteiger partial charge in [-0.2, -0.15) is 26.3 Å². The van der Waals surface area contributed by atoms with E-state index < -0.39 is 23.5 Å². The van der Waals surface area contributed by atoms with Gasteiger partial charge in [0, 0.05) is 11.1 Å². The number of rotatable bonds is 2. The third-order valence-electron chi connectivity index (χ3n) is 4.59. The molecular formula is C22H16F6O. The second-order valence-corrected chi connectivity index (χ2v) is 6.77. The molecule has 7 heteroatoms. The Morgan fingerprint density at radius 2 is 1.10 bits per heavy atom. The van der Waals surface area contributed by atoms with Crippen molar-refractivity contribution < 1.29 is 31.1 Å². The van der Waals surface area contributed by atoms with Gasteiger partial charge < -0.3 is 0 Å². The van der Waals surface area contributed by atoms with Crippen molar-refractivity contribution in [2.45, 2.75) is 31.6 Å². The number of hydrogen-bond donors (Lipinski definition) is 0.